The van der Waals surface area contributed by atoms with Crippen LogP contribution in [0.3, 0.4) is 0 Å². The standard InChI is InChI=1S/C16H21N3O/c1-2-5-13(17)16(20)19-9-8-15-12(10-19)11-6-3-4-7-14(11)18-15/h3-4,6-7,13,18H,2,5,8-10,17H2,1H3/t13-/m0/s1. The average molecular weight is 271 g/mol. The lowest BCUT2D eigenvalue weighted by molar-refractivity contribution is -0.133. The highest BCUT2D eigenvalue weighted by molar-refractivity contribution is 5.87. The zero-order chi connectivity index (χ0) is 14.1. The molecule has 1 aliphatic heterocycles. The number of hydrogen-bond acceptors (Lipinski definition) is 2. The molecule has 1 aromatic carbocycles. The first-order chi connectivity index (χ1) is 9.70. The zero-order valence-electron chi connectivity index (χ0n) is 11.9. The molecular weight excluding hydrogens is 250 g/mol. The minimum atomic E-state index is -0.355. The predicted molar refractivity (Wildman–Crippen MR) is 80.3 cm³/mol. The maximum Gasteiger partial charge on any atom is 0.239 e. The van der Waals surface area contributed by atoms with Crippen LogP contribution in [-0.2, 0) is 17.8 Å². The van der Waals surface area contributed by atoms with Gasteiger partial charge in [-0.1, -0.05) is 31.5 Å². The maximum atomic E-state index is 12.3. The summed E-state index contributed by atoms with van der Waals surface area (Å²) in [6.45, 7) is 3.49. The van der Waals surface area contributed by atoms with E-state index in [9.17, 15) is 4.79 Å². The van der Waals surface area contributed by atoms with E-state index in [1.54, 1.807) is 0 Å². The third-order valence-electron chi connectivity index (χ3n) is 4.11. The number of rotatable bonds is 3. The first-order valence-corrected chi connectivity index (χ1v) is 7.33. The van der Waals surface area contributed by atoms with Crippen molar-refractivity contribution in [3.05, 3.63) is 35.5 Å². The highest BCUT2D eigenvalue weighted by Crippen LogP contribution is 2.27. The van der Waals surface area contributed by atoms with Gasteiger partial charge in [0.25, 0.3) is 0 Å². The minimum Gasteiger partial charge on any atom is -0.358 e. The Hall–Kier alpha value is -1.81. The summed E-state index contributed by atoms with van der Waals surface area (Å²) in [6, 6.07) is 7.92. The average Bonchev–Trinajstić information content (AvgIpc) is 2.84. The molecule has 20 heavy (non-hydrogen) atoms. The van der Waals surface area contributed by atoms with E-state index in [4.69, 9.17) is 5.73 Å². The lowest BCUT2D eigenvalue weighted by atomic mass is 10.0. The van der Waals surface area contributed by atoms with Crippen molar-refractivity contribution in [1.82, 2.24) is 9.88 Å². The molecule has 4 heteroatoms. The van der Waals surface area contributed by atoms with E-state index in [0.717, 1.165) is 31.3 Å². The van der Waals surface area contributed by atoms with Gasteiger partial charge in [0.1, 0.15) is 0 Å². The molecule has 106 valence electrons. The quantitative estimate of drug-likeness (QED) is 0.898. The van der Waals surface area contributed by atoms with Crippen LogP contribution in [0.5, 0.6) is 0 Å². The Labute approximate surface area is 118 Å². The van der Waals surface area contributed by atoms with Crippen LogP contribution in [0.2, 0.25) is 0 Å². The summed E-state index contributed by atoms with van der Waals surface area (Å²) in [5.74, 6) is 0.0859. The van der Waals surface area contributed by atoms with Gasteiger partial charge in [0.15, 0.2) is 0 Å². The van der Waals surface area contributed by atoms with Crippen LogP contribution < -0.4 is 5.73 Å². The second-order valence-electron chi connectivity index (χ2n) is 5.53. The molecule has 4 nitrogen and oxygen atoms in total. The summed E-state index contributed by atoms with van der Waals surface area (Å²) < 4.78 is 0. The van der Waals surface area contributed by atoms with Gasteiger partial charge in [0, 0.05) is 41.7 Å². The molecule has 1 atom stereocenters. The molecule has 1 aromatic heterocycles. The van der Waals surface area contributed by atoms with Crippen LogP contribution in [-0.4, -0.2) is 28.4 Å². The molecule has 0 unspecified atom stereocenters. The number of hydrogen-bond donors (Lipinski definition) is 2. The maximum absolute atomic E-state index is 12.3. The molecule has 0 radical (unpaired) electrons. The first-order valence-electron chi connectivity index (χ1n) is 7.33. The fourth-order valence-electron chi connectivity index (χ4n) is 3.02. The Bertz CT molecular complexity index is 632. The number of benzene rings is 1. The van der Waals surface area contributed by atoms with Crippen molar-refractivity contribution in [1.29, 1.82) is 0 Å². The highest BCUT2D eigenvalue weighted by Gasteiger charge is 2.26. The molecule has 1 amide bonds. The van der Waals surface area contributed by atoms with Gasteiger partial charge in [-0.05, 0) is 12.5 Å². The van der Waals surface area contributed by atoms with Gasteiger partial charge in [-0.2, -0.15) is 0 Å². The van der Waals surface area contributed by atoms with Crippen molar-refractivity contribution in [2.45, 2.75) is 38.8 Å². The summed E-state index contributed by atoms with van der Waals surface area (Å²) in [5, 5.41) is 1.23. The van der Waals surface area contributed by atoms with E-state index >= 15 is 0 Å². The van der Waals surface area contributed by atoms with E-state index in [0.29, 0.717) is 6.54 Å². The molecule has 0 saturated carbocycles. The topological polar surface area (TPSA) is 62.1 Å². The number of H-pyrrole nitrogens is 1. The summed E-state index contributed by atoms with van der Waals surface area (Å²) >= 11 is 0. The molecule has 1 aliphatic rings. The Morgan fingerprint density at radius 2 is 2.25 bits per heavy atom. The monoisotopic (exact) mass is 271 g/mol. The number of aromatic nitrogens is 1. The number of para-hydroxylation sites is 1. The van der Waals surface area contributed by atoms with Crippen molar-refractivity contribution >= 4 is 16.8 Å². The lowest BCUT2D eigenvalue weighted by Crippen LogP contribution is -2.45. The number of aromatic amines is 1. The van der Waals surface area contributed by atoms with E-state index in [2.05, 4.69) is 24.0 Å². The molecule has 2 heterocycles. The SMILES string of the molecule is CCC[C@H](N)C(=O)N1CCc2[nH]c3ccccc3c2C1. The minimum absolute atomic E-state index is 0.0859. The second kappa shape index (κ2) is 5.29. The number of carbonyl (C=O) groups excluding carboxylic acids is 1. The predicted octanol–water partition coefficient (Wildman–Crippen LogP) is 2.18. The molecular formula is C16H21N3O. The summed E-state index contributed by atoms with van der Waals surface area (Å²) in [7, 11) is 0. The van der Waals surface area contributed by atoms with Crippen molar-refractivity contribution in [2.75, 3.05) is 6.54 Å². The lowest BCUT2D eigenvalue weighted by Gasteiger charge is -2.29. The van der Waals surface area contributed by atoms with E-state index in [1.807, 2.05) is 17.0 Å². The summed E-state index contributed by atoms with van der Waals surface area (Å²) in [6.07, 6.45) is 2.59. The number of carbonyl (C=O) groups is 1. The van der Waals surface area contributed by atoms with Crippen LogP contribution in [0.15, 0.2) is 24.3 Å². The van der Waals surface area contributed by atoms with Gasteiger partial charge in [0.2, 0.25) is 5.91 Å². The van der Waals surface area contributed by atoms with Crippen molar-refractivity contribution in [3.63, 3.8) is 0 Å². The van der Waals surface area contributed by atoms with Gasteiger partial charge in [0.05, 0.1) is 6.04 Å². The van der Waals surface area contributed by atoms with Gasteiger partial charge in [-0.25, -0.2) is 0 Å². The Morgan fingerprint density at radius 3 is 3.05 bits per heavy atom. The smallest absolute Gasteiger partial charge is 0.239 e. The van der Waals surface area contributed by atoms with Gasteiger partial charge in [-0.15, -0.1) is 0 Å². The van der Waals surface area contributed by atoms with E-state index in [-0.39, 0.29) is 11.9 Å². The number of amides is 1. The molecule has 3 N–H and O–H groups in total. The molecule has 0 aliphatic carbocycles. The van der Waals surface area contributed by atoms with Crippen molar-refractivity contribution in [3.8, 4) is 0 Å². The Kier molecular flexibility index (Phi) is 3.49. The van der Waals surface area contributed by atoms with Crippen LogP contribution >= 0.6 is 0 Å². The second-order valence-corrected chi connectivity index (χ2v) is 5.53. The normalized spacial score (nSPS) is 16.2. The molecule has 0 bridgehead atoms. The summed E-state index contributed by atoms with van der Waals surface area (Å²) in [5.41, 5.74) is 9.64. The number of nitrogens with two attached hydrogens (primary N) is 1. The van der Waals surface area contributed by atoms with Gasteiger partial charge in [-0.3, -0.25) is 4.79 Å². The number of nitrogens with zero attached hydrogens (tertiary/aromatic N) is 1. The molecule has 0 spiro atoms. The van der Waals surface area contributed by atoms with Crippen LogP contribution in [0, 0.1) is 0 Å². The van der Waals surface area contributed by atoms with E-state index < -0.39 is 0 Å². The summed E-state index contributed by atoms with van der Waals surface area (Å²) in [4.78, 5) is 17.7. The van der Waals surface area contributed by atoms with Crippen LogP contribution in [0.4, 0.5) is 0 Å². The zero-order valence-corrected chi connectivity index (χ0v) is 11.9. The third kappa shape index (κ3) is 2.20. The molecule has 0 fully saturated rings. The Balaban J connectivity index is 1.86. The molecule has 2 aromatic rings. The fourth-order valence-corrected chi connectivity index (χ4v) is 3.02. The van der Waals surface area contributed by atoms with Crippen LogP contribution in [0.25, 0.3) is 10.9 Å². The Morgan fingerprint density at radius 1 is 1.45 bits per heavy atom. The van der Waals surface area contributed by atoms with Gasteiger partial charge < -0.3 is 15.6 Å². The molecule has 0 saturated heterocycles. The van der Waals surface area contributed by atoms with Crippen molar-refractivity contribution < 1.29 is 4.79 Å². The van der Waals surface area contributed by atoms with E-state index in [1.165, 1.54) is 16.6 Å². The number of nitrogens with one attached hydrogen (secondary N) is 1. The highest BCUT2D eigenvalue weighted by atomic mass is 16.2. The fraction of sp³-hybridized carbons (Fsp3) is 0.438. The van der Waals surface area contributed by atoms with Gasteiger partial charge >= 0.3 is 0 Å². The van der Waals surface area contributed by atoms with Crippen molar-refractivity contribution in [2.24, 2.45) is 5.73 Å². The van der Waals surface area contributed by atoms with Crippen LogP contribution in [0.1, 0.15) is 31.0 Å². The number of fused-ring (bicyclic) bond motifs is 3. The third-order valence-corrected chi connectivity index (χ3v) is 4.11. The first kappa shape index (κ1) is 13.2. The largest absolute Gasteiger partial charge is 0.358 e. The molecule has 3 rings (SSSR count).